The average Bonchev–Trinajstić information content (AvgIpc) is 2.51. The van der Waals surface area contributed by atoms with Gasteiger partial charge in [0.05, 0.1) is 10.7 Å². The third-order valence-electron chi connectivity index (χ3n) is 1.76. The molecule has 2 rings (SSSR count). The molecule has 0 radical (unpaired) electrons. The molecular weight excluding hydrogens is 205 g/mol. The molecule has 0 aliphatic rings. The fraction of sp³-hybridized carbons (Fsp3) is 0.111. The Labute approximate surface area is 85.1 Å². The molecule has 72 valence electrons. The topological polar surface area (TPSA) is 30.7 Å². The SMILES string of the molecule is Cc1ncn(-c2ccc(F)cc2Cl)n1. The van der Waals surface area contributed by atoms with Crippen LogP contribution in [0.5, 0.6) is 0 Å². The number of aromatic nitrogens is 3. The van der Waals surface area contributed by atoms with E-state index in [1.165, 1.54) is 23.1 Å². The number of aryl methyl sites for hydroxylation is 1. The van der Waals surface area contributed by atoms with Gasteiger partial charge in [-0.1, -0.05) is 11.6 Å². The van der Waals surface area contributed by atoms with Crippen molar-refractivity contribution in [1.82, 2.24) is 14.8 Å². The van der Waals surface area contributed by atoms with Crippen LogP contribution in [0.4, 0.5) is 4.39 Å². The van der Waals surface area contributed by atoms with Gasteiger partial charge in [0.15, 0.2) is 0 Å². The van der Waals surface area contributed by atoms with Crippen LogP contribution in [-0.4, -0.2) is 14.8 Å². The van der Waals surface area contributed by atoms with Crippen LogP contribution in [0.25, 0.3) is 5.69 Å². The second kappa shape index (κ2) is 3.38. The molecule has 0 saturated heterocycles. The summed E-state index contributed by atoms with van der Waals surface area (Å²) in [6.45, 7) is 1.77. The van der Waals surface area contributed by atoms with Crippen LogP contribution < -0.4 is 0 Å². The number of hydrogen-bond donors (Lipinski definition) is 0. The minimum Gasteiger partial charge on any atom is -0.220 e. The second-order valence-electron chi connectivity index (χ2n) is 2.83. The first-order chi connectivity index (χ1) is 6.66. The Bertz CT molecular complexity index is 467. The molecule has 0 spiro atoms. The summed E-state index contributed by atoms with van der Waals surface area (Å²) in [4.78, 5) is 3.96. The molecule has 0 unspecified atom stereocenters. The molecule has 1 aromatic carbocycles. The molecule has 0 fully saturated rings. The molecule has 0 aliphatic heterocycles. The molecule has 0 atom stereocenters. The Balaban J connectivity index is 2.52. The average molecular weight is 212 g/mol. The maximum atomic E-state index is 12.7. The molecule has 0 bridgehead atoms. The summed E-state index contributed by atoms with van der Waals surface area (Å²) in [5.41, 5.74) is 0.619. The summed E-state index contributed by atoms with van der Waals surface area (Å²) >= 11 is 5.84. The maximum Gasteiger partial charge on any atom is 0.147 e. The Hall–Kier alpha value is -1.42. The first-order valence-electron chi connectivity index (χ1n) is 4.00. The quantitative estimate of drug-likeness (QED) is 0.725. The zero-order valence-corrected chi connectivity index (χ0v) is 8.16. The van der Waals surface area contributed by atoms with Gasteiger partial charge < -0.3 is 0 Å². The minimum atomic E-state index is -0.365. The predicted octanol–water partition coefficient (Wildman–Crippen LogP) is 2.37. The smallest absolute Gasteiger partial charge is 0.147 e. The van der Waals surface area contributed by atoms with E-state index in [4.69, 9.17) is 11.6 Å². The van der Waals surface area contributed by atoms with Crippen molar-refractivity contribution in [2.45, 2.75) is 6.92 Å². The molecule has 14 heavy (non-hydrogen) atoms. The lowest BCUT2D eigenvalue weighted by atomic mass is 10.3. The van der Waals surface area contributed by atoms with Gasteiger partial charge >= 0.3 is 0 Å². The van der Waals surface area contributed by atoms with Crippen molar-refractivity contribution < 1.29 is 4.39 Å². The fourth-order valence-electron chi connectivity index (χ4n) is 1.13. The van der Waals surface area contributed by atoms with Gasteiger partial charge in [-0.3, -0.25) is 0 Å². The van der Waals surface area contributed by atoms with Gasteiger partial charge in [-0.25, -0.2) is 14.1 Å². The van der Waals surface area contributed by atoms with Gasteiger partial charge in [-0.15, -0.1) is 0 Å². The van der Waals surface area contributed by atoms with Crippen LogP contribution in [0.15, 0.2) is 24.5 Å². The Kier molecular flexibility index (Phi) is 2.21. The zero-order valence-electron chi connectivity index (χ0n) is 7.41. The summed E-state index contributed by atoms with van der Waals surface area (Å²) in [6.07, 6.45) is 1.54. The number of rotatable bonds is 1. The summed E-state index contributed by atoms with van der Waals surface area (Å²) < 4.78 is 14.2. The van der Waals surface area contributed by atoms with Crippen LogP contribution in [0.3, 0.4) is 0 Å². The van der Waals surface area contributed by atoms with Crippen molar-refractivity contribution in [2.24, 2.45) is 0 Å². The van der Waals surface area contributed by atoms with Crippen LogP contribution in [-0.2, 0) is 0 Å². The largest absolute Gasteiger partial charge is 0.220 e. The lowest BCUT2D eigenvalue weighted by molar-refractivity contribution is 0.627. The zero-order chi connectivity index (χ0) is 10.1. The number of halogens is 2. The molecule has 5 heteroatoms. The molecule has 0 aliphatic carbocycles. The van der Waals surface area contributed by atoms with E-state index in [1.54, 1.807) is 13.0 Å². The van der Waals surface area contributed by atoms with Crippen LogP contribution in [0.1, 0.15) is 5.82 Å². The van der Waals surface area contributed by atoms with E-state index in [9.17, 15) is 4.39 Å². The van der Waals surface area contributed by atoms with Gasteiger partial charge in [0.1, 0.15) is 18.0 Å². The van der Waals surface area contributed by atoms with Crippen molar-refractivity contribution in [3.05, 3.63) is 41.2 Å². The number of benzene rings is 1. The molecule has 1 aromatic heterocycles. The van der Waals surface area contributed by atoms with Crippen molar-refractivity contribution in [3.63, 3.8) is 0 Å². The second-order valence-corrected chi connectivity index (χ2v) is 3.24. The lowest BCUT2D eigenvalue weighted by Gasteiger charge is -2.02. The Morgan fingerprint density at radius 1 is 1.43 bits per heavy atom. The van der Waals surface area contributed by atoms with Gasteiger partial charge in [0, 0.05) is 0 Å². The summed E-state index contributed by atoms with van der Waals surface area (Å²) in [5.74, 6) is 0.279. The van der Waals surface area contributed by atoms with E-state index in [0.717, 1.165) is 0 Å². The predicted molar refractivity (Wildman–Crippen MR) is 51.1 cm³/mol. The highest BCUT2D eigenvalue weighted by Gasteiger charge is 2.05. The number of hydrogen-bond acceptors (Lipinski definition) is 2. The van der Waals surface area contributed by atoms with Crippen LogP contribution >= 0.6 is 11.6 Å². The normalized spacial score (nSPS) is 10.5. The number of nitrogens with zero attached hydrogens (tertiary/aromatic N) is 3. The highest BCUT2D eigenvalue weighted by molar-refractivity contribution is 6.32. The fourth-order valence-corrected chi connectivity index (χ4v) is 1.38. The molecular formula is C9H7ClFN3. The molecule has 0 amide bonds. The summed E-state index contributed by atoms with van der Waals surface area (Å²) in [6, 6.07) is 4.14. The maximum absolute atomic E-state index is 12.7. The van der Waals surface area contributed by atoms with Gasteiger partial charge in [0.25, 0.3) is 0 Å². The van der Waals surface area contributed by atoms with E-state index >= 15 is 0 Å². The van der Waals surface area contributed by atoms with E-state index in [1.807, 2.05) is 0 Å². The first-order valence-corrected chi connectivity index (χ1v) is 4.38. The summed E-state index contributed by atoms with van der Waals surface area (Å²) in [7, 11) is 0. The molecule has 0 N–H and O–H groups in total. The van der Waals surface area contributed by atoms with E-state index in [2.05, 4.69) is 10.1 Å². The molecule has 2 aromatic rings. The molecule has 0 saturated carbocycles. The van der Waals surface area contributed by atoms with Crippen LogP contribution in [0, 0.1) is 12.7 Å². The first kappa shape index (κ1) is 9.15. The minimum absolute atomic E-state index is 0.315. The summed E-state index contributed by atoms with van der Waals surface area (Å²) in [5, 5.41) is 4.38. The highest BCUT2D eigenvalue weighted by Crippen LogP contribution is 2.20. The van der Waals surface area contributed by atoms with Crippen molar-refractivity contribution in [2.75, 3.05) is 0 Å². The van der Waals surface area contributed by atoms with Gasteiger partial charge in [-0.05, 0) is 25.1 Å². The lowest BCUT2D eigenvalue weighted by Crippen LogP contribution is -1.96. The Morgan fingerprint density at radius 3 is 2.79 bits per heavy atom. The third-order valence-corrected chi connectivity index (χ3v) is 2.07. The molecule has 1 heterocycles. The monoisotopic (exact) mass is 211 g/mol. The standard InChI is InChI=1S/C9H7ClFN3/c1-6-12-5-14(13-6)9-3-2-7(11)4-8(9)10/h2-5H,1H3. The molecule has 3 nitrogen and oxygen atoms in total. The Morgan fingerprint density at radius 2 is 2.21 bits per heavy atom. The third kappa shape index (κ3) is 1.61. The highest BCUT2D eigenvalue weighted by atomic mass is 35.5. The van der Waals surface area contributed by atoms with Crippen molar-refractivity contribution in [3.8, 4) is 5.69 Å². The van der Waals surface area contributed by atoms with E-state index in [0.29, 0.717) is 16.5 Å². The van der Waals surface area contributed by atoms with Crippen molar-refractivity contribution in [1.29, 1.82) is 0 Å². The van der Waals surface area contributed by atoms with E-state index in [-0.39, 0.29) is 5.82 Å². The van der Waals surface area contributed by atoms with E-state index < -0.39 is 0 Å². The van der Waals surface area contributed by atoms with Crippen LogP contribution in [0.2, 0.25) is 5.02 Å². The van der Waals surface area contributed by atoms with Crippen molar-refractivity contribution >= 4 is 11.6 Å². The van der Waals surface area contributed by atoms with Gasteiger partial charge in [0.2, 0.25) is 0 Å². The van der Waals surface area contributed by atoms with Gasteiger partial charge in [-0.2, -0.15) is 5.10 Å².